The van der Waals surface area contributed by atoms with Gasteiger partial charge in [-0.3, -0.25) is 0 Å². The predicted molar refractivity (Wildman–Crippen MR) is 146 cm³/mol. The molecule has 0 saturated heterocycles. The van der Waals surface area contributed by atoms with Crippen LogP contribution >= 0.6 is 0 Å². The van der Waals surface area contributed by atoms with E-state index in [1.165, 1.54) is 22.3 Å². The Kier molecular flexibility index (Phi) is 11.0. The van der Waals surface area contributed by atoms with Crippen molar-refractivity contribution in [2.75, 3.05) is 13.2 Å². The summed E-state index contributed by atoms with van der Waals surface area (Å²) in [6.45, 7) is 4.09. The molecule has 0 unspecified atom stereocenters. The van der Waals surface area contributed by atoms with Gasteiger partial charge in [0, 0.05) is 0 Å². The highest BCUT2D eigenvalue weighted by atomic mass is 16.5. The van der Waals surface area contributed by atoms with Gasteiger partial charge in [0.15, 0.2) is 0 Å². The van der Waals surface area contributed by atoms with Gasteiger partial charge in [-0.15, -0.1) is 0 Å². The largest absolute Gasteiger partial charge is 0.491 e. The molecule has 36 heavy (non-hydrogen) atoms. The van der Waals surface area contributed by atoms with Gasteiger partial charge in [0.05, 0.1) is 12.2 Å². The monoisotopic (exact) mass is 484 g/mol. The first kappa shape index (κ1) is 27.0. The van der Waals surface area contributed by atoms with Gasteiger partial charge in [-0.1, -0.05) is 84.9 Å². The molecule has 0 amide bonds. The fourth-order valence-corrected chi connectivity index (χ4v) is 3.59. The minimum atomic E-state index is -0.442. The third-order valence-electron chi connectivity index (χ3n) is 5.28. The van der Waals surface area contributed by atoms with Crippen LogP contribution in [0.4, 0.5) is 0 Å². The van der Waals surface area contributed by atoms with E-state index in [0.29, 0.717) is 13.2 Å². The van der Waals surface area contributed by atoms with Gasteiger partial charge in [0.1, 0.15) is 24.7 Å². The summed E-state index contributed by atoms with van der Waals surface area (Å²) in [6.07, 6.45) is 0.907. The summed E-state index contributed by atoms with van der Waals surface area (Å²) in [5, 5.41) is 18.4. The van der Waals surface area contributed by atoms with Crippen molar-refractivity contribution in [1.82, 2.24) is 0 Å². The van der Waals surface area contributed by atoms with E-state index in [2.05, 4.69) is 36.4 Å². The Morgan fingerprint density at radius 2 is 0.861 bits per heavy atom. The molecule has 0 radical (unpaired) electrons. The minimum absolute atomic E-state index is 0.328. The fourth-order valence-electron chi connectivity index (χ4n) is 3.59. The summed E-state index contributed by atoms with van der Waals surface area (Å²) >= 11 is 0. The van der Waals surface area contributed by atoms with E-state index in [1.54, 1.807) is 13.8 Å². The number of aliphatic hydroxyl groups is 2. The first-order valence-corrected chi connectivity index (χ1v) is 12.4. The average molecular weight is 485 g/mol. The van der Waals surface area contributed by atoms with Gasteiger partial charge in [-0.05, 0) is 73.2 Å². The van der Waals surface area contributed by atoms with E-state index >= 15 is 0 Å². The van der Waals surface area contributed by atoms with Gasteiger partial charge < -0.3 is 19.7 Å². The van der Waals surface area contributed by atoms with Crippen LogP contribution in [-0.4, -0.2) is 35.6 Å². The lowest BCUT2D eigenvalue weighted by atomic mass is 10.1. The number of aliphatic hydroxyl groups excluding tert-OH is 2. The summed E-state index contributed by atoms with van der Waals surface area (Å²) < 4.78 is 11.0. The van der Waals surface area contributed by atoms with Crippen molar-refractivity contribution in [3.05, 3.63) is 131 Å². The highest BCUT2D eigenvalue weighted by Gasteiger charge is 2.02. The molecular weight excluding hydrogens is 448 g/mol. The normalized spacial score (nSPS) is 12.1. The van der Waals surface area contributed by atoms with Crippen LogP contribution in [0.15, 0.2) is 109 Å². The Morgan fingerprint density at radius 1 is 0.500 bits per heavy atom. The first-order valence-electron chi connectivity index (χ1n) is 12.4. The van der Waals surface area contributed by atoms with Crippen LogP contribution in [-0.2, 0) is 12.8 Å². The van der Waals surface area contributed by atoms with Crippen LogP contribution in [0.3, 0.4) is 0 Å². The second kappa shape index (κ2) is 14.7. The molecule has 0 aliphatic rings. The van der Waals surface area contributed by atoms with Crippen LogP contribution in [0, 0.1) is 0 Å². The smallest absolute Gasteiger partial charge is 0.119 e. The third kappa shape index (κ3) is 10.3. The molecule has 0 saturated carbocycles. The van der Waals surface area contributed by atoms with Crippen LogP contribution in [0.25, 0.3) is 0 Å². The molecule has 2 atom stereocenters. The Labute approximate surface area is 214 Å². The lowest BCUT2D eigenvalue weighted by Crippen LogP contribution is -2.12. The second-order valence-corrected chi connectivity index (χ2v) is 8.94. The summed E-state index contributed by atoms with van der Waals surface area (Å²) in [5.74, 6) is 1.62. The van der Waals surface area contributed by atoms with Crippen LogP contribution < -0.4 is 9.47 Å². The van der Waals surface area contributed by atoms with Crippen LogP contribution in [0.5, 0.6) is 11.5 Å². The Bertz CT molecular complexity index is 1050. The number of hydrogen-bond donors (Lipinski definition) is 2. The Hall–Kier alpha value is -3.60. The van der Waals surface area contributed by atoms with Crippen LogP contribution in [0.1, 0.15) is 36.1 Å². The lowest BCUT2D eigenvalue weighted by molar-refractivity contribution is 0.122. The summed E-state index contributed by atoms with van der Waals surface area (Å²) in [7, 11) is 0. The number of benzene rings is 4. The Morgan fingerprint density at radius 3 is 1.22 bits per heavy atom. The van der Waals surface area contributed by atoms with E-state index in [4.69, 9.17) is 9.47 Å². The molecule has 0 heterocycles. The van der Waals surface area contributed by atoms with E-state index < -0.39 is 12.2 Å². The molecular formula is C32H36O4. The summed E-state index contributed by atoms with van der Waals surface area (Å²) in [6, 6.07) is 36.7. The standard InChI is InChI=1S/2C16H18O2/c2*1-13(17)12-18-16-9-5-8-15(11-16)10-14-6-3-2-4-7-14/h2*2-9,11,13,17H,10,12H2,1H3/t2*13-/m11/s1. The predicted octanol–water partition coefficient (Wildman–Crippen LogP) is 6.07. The third-order valence-corrected chi connectivity index (χ3v) is 5.28. The topological polar surface area (TPSA) is 58.9 Å². The fraction of sp³-hybridized carbons (Fsp3) is 0.250. The molecule has 0 aliphatic heterocycles. The first-order chi connectivity index (χ1) is 17.5. The molecule has 4 aromatic carbocycles. The maximum Gasteiger partial charge on any atom is 0.119 e. The molecule has 0 aliphatic carbocycles. The quantitative estimate of drug-likeness (QED) is 0.287. The SMILES string of the molecule is C[C@@H](O)COc1cccc(Cc2ccccc2)c1.C[C@@H](O)COc1cccc(Cc2ccccc2)c1. The molecule has 0 fully saturated rings. The zero-order chi connectivity index (χ0) is 25.6. The maximum atomic E-state index is 9.19. The van der Waals surface area contributed by atoms with Crippen molar-refractivity contribution < 1.29 is 19.7 Å². The van der Waals surface area contributed by atoms with Gasteiger partial charge in [0.25, 0.3) is 0 Å². The summed E-state index contributed by atoms with van der Waals surface area (Å²) in [4.78, 5) is 0. The minimum Gasteiger partial charge on any atom is -0.491 e. The number of hydrogen-bond acceptors (Lipinski definition) is 4. The molecule has 2 N–H and O–H groups in total. The van der Waals surface area contributed by atoms with E-state index in [9.17, 15) is 10.2 Å². The van der Waals surface area contributed by atoms with E-state index in [1.807, 2.05) is 72.8 Å². The highest BCUT2D eigenvalue weighted by Crippen LogP contribution is 2.18. The number of rotatable bonds is 10. The van der Waals surface area contributed by atoms with Crippen molar-refractivity contribution in [3.63, 3.8) is 0 Å². The van der Waals surface area contributed by atoms with Crippen molar-refractivity contribution in [2.45, 2.75) is 38.9 Å². The van der Waals surface area contributed by atoms with Gasteiger partial charge in [-0.25, -0.2) is 0 Å². The van der Waals surface area contributed by atoms with Gasteiger partial charge >= 0.3 is 0 Å². The zero-order valence-electron chi connectivity index (χ0n) is 21.1. The molecule has 0 spiro atoms. The van der Waals surface area contributed by atoms with E-state index in [-0.39, 0.29) is 0 Å². The number of ether oxygens (including phenoxy) is 2. The molecule has 4 nitrogen and oxygen atoms in total. The van der Waals surface area contributed by atoms with Crippen molar-refractivity contribution >= 4 is 0 Å². The van der Waals surface area contributed by atoms with Gasteiger partial charge in [-0.2, -0.15) is 0 Å². The molecule has 0 bridgehead atoms. The molecule has 188 valence electrons. The molecule has 0 aromatic heterocycles. The van der Waals surface area contributed by atoms with Crippen LogP contribution in [0.2, 0.25) is 0 Å². The van der Waals surface area contributed by atoms with Crippen molar-refractivity contribution in [3.8, 4) is 11.5 Å². The van der Waals surface area contributed by atoms with Crippen molar-refractivity contribution in [2.24, 2.45) is 0 Å². The lowest BCUT2D eigenvalue weighted by Gasteiger charge is -2.09. The maximum absolute atomic E-state index is 9.19. The highest BCUT2D eigenvalue weighted by molar-refractivity contribution is 5.33. The Balaban J connectivity index is 0.000000201. The van der Waals surface area contributed by atoms with E-state index in [0.717, 1.165) is 24.3 Å². The van der Waals surface area contributed by atoms with Crippen molar-refractivity contribution in [1.29, 1.82) is 0 Å². The zero-order valence-corrected chi connectivity index (χ0v) is 21.1. The molecule has 4 aromatic rings. The molecule has 4 rings (SSSR count). The average Bonchev–Trinajstić information content (AvgIpc) is 2.88. The molecule has 4 heteroatoms. The van der Waals surface area contributed by atoms with Gasteiger partial charge in [0.2, 0.25) is 0 Å². The summed E-state index contributed by atoms with van der Waals surface area (Å²) in [5.41, 5.74) is 4.99. The second-order valence-electron chi connectivity index (χ2n) is 8.94.